The van der Waals surface area contributed by atoms with E-state index in [0.717, 1.165) is 48.6 Å². The minimum atomic E-state index is 0.390. The van der Waals surface area contributed by atoms with Gasteiger partial charge >= 0.3 is 0 Å². The van der Waals surface area contributed by atoms with E-state index < -0.39 is 0 Å². The predicted molar refractivity (Wildman–Crippen MR) is 117 cm³/mol. The third kappa shape index (κ3) is 5.98. The van der Waals surface area contributed by atoms with Gasteiger partial charge in [0.2, 0.25) is 0 Å². The molecule has 0 spiro atoms. The van der Waals surface area contributed by atoms with E-state index >= 15 is 0 Å². The maximum Gasteiger partial charge on any atom is 0.194 e. The number of guanidine groups is 1. The van der Waals surface area contributed by atoms with Crippen LogP contribution in [0.1, 0.15) is 49.1 Å². The van der Waals surface area contributed by atoms with Crippen LogP contribution >= 0.6 is 11.8 Å². The monoisotopic (exact) mass is 406 g/mol. The smallest absolute Gasteiger partial charge is 0.194 e. The Balaban J connectivity index is 2.15. The van der Waals surface area contributed by atoms with Gasteiger partial charge in [0.25, 0.3) is 0 Å². The van der Waals surface area contributed by atoms with Crippen LogP contribution in [0.2, 0.25) is 0 Å². The fourth-order valence-corrected chi connectivity index (χ4v) is 3.39. The second-order valence-electron chi connectivity index (χ2n) is 7.36. The van der Waals surface area contributed by atoms with Crippen LogP contribution in [0, 0.1) is 6.92 Å². The summed E-state index contributed by atoms with van der Waals surface area (Å²) >= 11 is 1.86. The summed E-state index contributed by atoms with van der Waals surface area (Å²) in [4.78, 5) is 6.98. The van der Waals surface area contributed by atoms with Crippen LogP contribution in [0.5, 0.6) is 0 Å². The number of nitrogens with one attached hydrogen (secondary N) is 1. The lowest BCUT2D eigenvalue weighted by Crippen LogP contribution is -2.39. The standard InChI is InChI=1S/C19H34N8S/c1-14(2)18-16(13-26(5)24-18)12-25(4)19(20-9-8-10-28-7)21-11-17-23-22-15(3)27(17)6/h13-14H,8-12H2,1-7H3,(H,20,21). The largest absolute Gasteiger partial charge is 0.356 e. The minimum absolute atomic E-state index is 0.390. The molecule has 0 radical (unpaired) electrons. The summed E-state index contributed by atoms with van der Waals surface area (Å²) in [5.41, 5.74) is 2.37. The molecular weight excluding hydrogens is 372 g/mol. The maximum atomic E-state index is 4.82. The first-order valence-corrected chi connectivity index (χ1v) is 11.1. The van der Waals surface area contributed by atoms with Crippen LogP contribution in [-0.4, -0.2) is 61.0 Å². The van der Waals surface area contributed by atoms with Crippen molar-refractivity contribution in [2.75, 3.05) is 25.6 Å². The molecule has 2 aromatic heterocycles. The highest BCUT2D eigenvalue weighted by Gasteiger charge is 2.15. The Morgan fingerprint density at radius 1 is 1.32 bits per heavy atom. The highest BCUT2D eigenvalue weighted by molar-refractivity contribution is 7.98. The van der Waals surface area contributed by atoms with E-state index in [0.29, 0.717) is 12.5 Å². The summed E-state index contributed by atoms with van der Waals surface area (Å²) in [6.07, 6.45) is 5.33. The van der Waals surface area contributed by atoms with Gasteiger partial charge in [0.15, 0.2) is 11.8 Å². The number of nitrogens with zero attached hydrogens (tertiary/aromatic N) is 7. The van der Waals surface area contributed by atoms with E-state index in [1.54, 1.807) is 0 Å². The van der Waals surface area contributed by atoms with Crippen molar-refractivity contribution in [2.45, 2.75) is 46.2 Å². The number of hydrogen-bond donors (Lipinski definition) is 1. The molecule has 8 nitrogen and oxygen atoms in total. The molecule has 0 fully saturated rings. The van der Waals surface area contributed by atoms with Gasteiger partial charge in [-0.05, 0) is 31.3 Å². The van der Waals surface area contributed by atoms with Gasteiger partial charge in [-0.25, -0.2) is 4.99 Å². The van der Waals surface area contributed by atoms with Crippen molar-refractivity contribution in [2.24, 2.45) is 19.1 Å². The molecule has 0 aromatic carbocycles. The van der Waals surface area contributed by atoms with Gasteiger partial charge < -0.3 is 14.8 Å². The summed E-state index contributed by atoms with van der Waals surface area (Å²) < 4.78 is 3.87. The second-order valence-corrected chi connectivity index (χ2v) is 8.35. The van der Waals surface area contributed by atoms with Crippen molar-refractivity contribution >= 4 is 17.7 Å². The quantitative estimate of drug-likeness (QED) is 0.391. The zero-order valence-corrected chi connectivity index (χ0v) is 19.0. The molecule has 2 aromatic rings. The number of rotatable bonds is 9. The Bertz CT molecular complexity index is 777. The summed E-state index contributed by atoms with van der Waals surface area (Å²) in [7, 11) is 6.01. The molecule has 0 atom stereocenters. The molecular formula is C19H34N8S. The van der Waals surface area contributed by atoms with Gasteiger partial charge in [0.05, 0.1) is 5.69 Å². The van der Waals surface area contributed by atoms with Crippen molar-refractivity contribution in [1.29, 1.82) is 0 Å². The first kappa shape index (κ1) is 22.3. The molecule has 28 heavy (non-hydrogen) atoms. The van der Waals surface area contributed by atoms with Gasteiger partial charge in [0, 0.05) is 46.0 Å². The van der Waals surface area contributed by atoms with E-state index in [-0.39, 0.29) is 0 Å². The Morgan fingerprint density at radius 3 is 2.68 bits per heavy atom. The molecule has 0 bridgehead atoms. The van der Waals surface area contributed by atoms with Gasteiger partial charge in [-0.1, -0.05) is 13.8 Å². The number of aliphatic imine (C=N–C) groups is 1. The summed E-state index contributed by atoms with van der Waals surface area (Å²) in [5, 5.41) is 16.5. The van der Waals surface area contributed by atoms with Gasteiger partial charge in [-0.15, -0.1) is 10.2 Å². The fourth-order valence-electron chi connectivity index (χ4n) is 2.96. The molecule has 2 rings (SSSR count). The lowest BCUT2D eigenvalue weighted by atomic mass is 10.1. The zero-order chi connectivity index (χ0) is 20.7. The molecule has 0 aliphatic rings. The van der Waals surface area contributed by atoms with Crippen molar-refractivity contribution < 1.29 is 0 Å². The van der Waals surface area contributed by atoms with Crippen LogP contribution in [-0.2, 0) is 27.2 Å². The summed E-state index contributed by atoms with van der Waals surface area (Å²) in [6, 6.07) is 0. The van der Waals surface area contributed by atoms with E-state index in [2.05, 4.69) is 58.9 Å². The number of aryl methyl sites for hydroxylation is 2. The molecule has 1 N–H and O–H groups in total. The molecule has 0 amide bonds. The topological polar surface area (TPSA) is 76.2 Å². The first-order valence-electron chi connectivity index (χ1n) is 9.69. The van der Waals surface area contributed by atoms with Crippen LogP contribution < -0.4 is 5.32 Å². The first-order chi connectivity index (χ1) is 13.3. The van der Waals surface area contributed by atoms with Crippen molar-refractivity contribution in [3.05, 3.63) is 29.1 Å². The van der Waals surface area contributed by atoms with Crippen LogP contribution in [0.3, 0.4) is 0 Å². The highest BCUT2D eigenvalue weighted by Crippen LogP contribution is 2.18. The van der Waals surface area contributed by atoms with Crippen molar-refractivity contribution in [1.82, 2.24) is 34.8 Å². The fraction of sp³-hybridized carbons (Fsp3) is 0.684. The molecule has 9 heteroatoms. The Labute approximate surface area is 172 Å². The number of aromatic nitrogens is 5. The lowest BCUT2D eigenvalue weighted by Gasteiger charge is -2.23. The van der Waals surface area contributed by atoms with Crippen molar-refractivity contribution in [3.63, 3.8) is 0 Å². The second kappa shape index (κ2) is 10.5. The van der Waals surface area contributed by atoms with Crippen LogP contribution in [0.4, 0.5) is 0 Å². The van der Waals surface area contributed by atoms with Gasteiger partial charge in [0.1, 0.15) is 12.4 Å². The van der Waals surface area contributed by atoms with Crippen LogP contribution in [0.15, 0.2) is 11.2 Å². The molecule has 0 saturated carbocycles. The maximum absolute atomic E-state index is 4.82. The molecule has 0 unspecified atom stereocenters. The SMILES string of the molecule is CSCCCNC(=NCc1nnc(C)n1C)N(C)Cc1cn(C)nc1C(C)C. The average Bonchev–Trinajstić information content (AvgIpc) is 3.17. The average molecular weight is 407 g/mol. The normalized spacial score (nSPS) is 12.1. The summed E-state index contributed by atoms with van der Waals surface area (Å²) in [6.45, 7) is 8.45. The molecule has 156 valence electrons. The lowest BCUT2D eigenvalue weighted by molar-refractivity contribution is 0.470. The molecule has 0 saturated heterocycles. The number of thioether (sulfide) groups is 1. The van der Waals surface area contributed by atoms with Crippen molar-refractivity contribution in [3.8, 4) is 0 Å². The Morgan fingerprint density at radius 2 is 2.07 bits per heavy atom. The molecule has 0 aliphatic carbocycles. The summed E-state index contributed by atoms with van der Waals surface area (Å²) in [5.74, 6) is 4.15. The van der Waals surface area contributed by atoms with Gasteiger partial charge in [-0.3, -0.25) is 4.68 Å². The van der Waals surface area contributed by atoms with E-state index in [4.69, 9.17) is 4.99 Å². The molecule has 2 heterocycles. The zero-order valence-electron chi connectivity index (χ0n) is 18.2. The minimum Gasteiger partial charge on any atom is -0.356 e. The van der Waals surface area contributed by atoms with Gasteiger partial charge in [-0.2, -0.15) is 16.9 Å². The van der Waals surface area contributed by atoms with Crippen LogP contribution in [0.25, 0.3) is 0 Å². The third-order valence-corrected chi connectivity index (χ3v) is 5.31. The Hall–Kier alpha value is -2.03. The highest BCUT2D eigenvalue weighted by atomic mass is 32.2. The number of hydrogen-bond acceptors (Lipinski definition) is 5. The third-order valence-electron chi connectivity index (χ3n) is 4.61. The van der Waals surface area contributed by atoms with E-state index in [9.17, 15) is 0 Å². The molecule has 0 aliphatic heterocycles. The van der Waals surface area contributed by atoms with E-state index in [1.165, 1.54) is 5.56 Å². The predicted octanol–water partition coefficient (Wildman–Crippen LogP) is 2.31. The Kier molecular flexibility index (Phi) is 8.35. The van der Waals surface area contributed by atoms with E-state index in [1.807, 2.05) is 42.0 Å².